The lowest BCUT2D eigenvalue weighted by Gasteiger charge is -2.63. The molecule has 1 spiro atoms. The third-order valence-electron chi connectivity index (χ3n) is 20.6. The molecule has 94 heavy (non-hydrogen) atoms. The molecule has 1 aromatic heterocycles. The Morgan fingerprint density at radius 1 is 0.851 bits per heavy atom. The van der Waals surface area contributed by atoms with Gasteiger partial charge < -0.3 is 55.4 Å². The van der Waals surface area contributed by atoms with Gasteiger partial charge in [0.15, 0.2) is 11.4 Å². The van der Waals surface area contributed by atoms with Crippen molar-refractivity contribution in [1.82, 2.24) is 41.6 Å². The zero-order valence-electron chi connectivity index (χ0n) is 55.3. The van der Waals surface area contributed by atoms with Gasteiger partial charge in [0.05, 0.1) is 30.2 Å². The number of benzene rings is 2. The van der Waals surface area contributed by atoms with Gasteiger partial charge in [0, 0.05) is 158 Å². The third-order valence-corrected chi connectivity index (χ3v) is 25.4. The molecular formula is C67H95N9O14S4. The van der Waals surface area contributed by atoms with Gasteiger partial charge in [0.2, 0.25) is 17.7 Å². The number of likely N-dealkylation sites (N-methyl/N-ethyl adjacent to an activating group) is 1. The van der Waals surface area contributed by atoms with E-state index in [1.807, 2.05) is 63.1 Å². The Labute approximate surface area is 566 Å². The summed E-state index contributed by atoms with van der Waals surface area (Å²) in [5, 5.41) is 47.9. The van der Waals surface area contributed by atoms with Crippen molar-refractivity contribution in [2.75, 3.05) is 101 Å². The van der Waals surface area contributed by atoms with E-state index in [9.17, 15) is 48.9 Å². The molecule has 3 aromatic rings. The number of carbonyl (C=O) groups excluding carboxylic acids is 8. The average molecular weight is 1380 g/mol. The fourth-order valence-corrected chi connectivity index (χ4v) is 19.8. The predicted octanol–water partition coefficient (Wildman–Crippen LogP) is 5.50. The number of rotatable bonds is 31. The number of nitrogens with zero attached hydrogens (tertiary/aromatic N) is 3. The van der Waals surface area contributed by atoms with Gasteiger partial charge in [-0.25, -0.2) is 10.2 Å². The van der Waals surface area contributed by atoms with E-state index in [1.165, 1.54) is 21.6 Å². The van der Waals surface area contributed by atoms with Crippen molar-refractivity contribution in [3.63, 3.8) is 0 Å². The molecule has 9 N–H and O–H groups in total. The minimum atomic E-state index is -2.56. The maximum absolute atomic E-state index is 15.1. The van der Waals surface area contributed by atoms with Crippen LogP contribution in [0.5, 0.6) is 5.75 Å². The van der Waals surface area contributed by atoms with Crippen molar-refractivity contribution < 1.29 is 67.9 Å². The summed E-state index contributed by atoms with van der Waals surface area (Å²) in [6.45, 7) is 14.6. The van der Waals surface area contributed by atoms with Gasteiger partial charge in [-0.05, 0) is 81.2 Å². The van der Waals surface area contributed by atoms with Gasteiger partial charge in [-0.2, -0.15) is 0 Å². The Balaban J connectivity index is 0.806. The number of carbonyl (C=O) groups is 8. The molecule has 13 atom stereocenters. The number of aliphatic hydroxyl groups is 3. The molecule has 0 radical (unpaired) electrons. The maximum Gasteiger partial charge on any atom is 0.426 e. The molecule has 5 amide bonds. The van der Waals surface area contributed by atoms with E-state index in [2.05, 4.69) is 59.8 Å². The monoisotopic (exact) mass is 1380 g/mol. The maximum atomic E-state index is 15.1. The Hall–Kier alpha value is -5.52. The fraction of sp³-hybridized carbons (Fsp3) is 0.642. The van der Waals surface area contributed by atoms with Crippen LogP contribution in [0.4, 0.5) is 10.5 Å². The summed E-state index contributed by atoms with van der Waals surface area (Å²) in [5.41, 5.74) is 3.22. The Kier molecular flexibility index (Phi) is 24.3. The number of methoxy groups -OCH3 is 1. The van der Waals surface area contributed by atoms with Crippen molar-refractivity contribution in [3.05, 3.63) is 70.9 Å². The highest BCUT2D eigenvalue weighted by Crippen LogP contribution is 2.67. The number of Topliss-reactive ketones (excluding diaryl/α,β-unsaturated/α-hetero) is 2. The lowest BCUT2D eigenvalue weighted by atomic mass is 9.47. The summed E-state index contributed by atoms with van der Waals surface area (Å²) in [4.78, 5) is 115. The first-order valence-electron chi connectivity index (χ1n) is 33.0. The van der Waals surface area contributed by atoms with Crippen LogP contribution in [0.25, 0.3) is 10.9 Å². The number of nitrogens with one attached hydrogen (secondary N) is 6. The smallest absolute Gasteiger partial charge is 0.426 e. The number of ketones is 2. The summed E-state index contributed by atoms with van der Waals surface area (Å²) >= 11 is 0. The number of aromatic nitrogens is 1. The van der Waals surface area contributed by atoms with Crippen LogP contribution in [-0.4, -0.2) is 209 Å². The molecule has 5 aliphatic heterocycles. The number of fused-ring (bicyclic) bond motifs is 6. The van der Waals surface area contributed by atoms with Crippen LogP contribution in [0.3, 0.4) is 0 Å². The van der Waals surface area contributed by atoms with E-state index in [0.717, 1.165) is 45.6 Å². The first-order valence-corrected chi connectivity index (χ1v) is 38.0. The summed E-state index contributed by atoms with van der Waals surface area (Å²) in [7, 11) is 9.48. The van der Waals surface area contributed by atoms with Crippen LogP contribution in [0, 0.1) is 23.2 Å². The van der Waals surface area contributed by atoms with Crippen molar-refractivity contribution >= 4 is 108 Å². The first-order chi connectivity index (χ1) is 45.0. The molecule has 9 rings (SSSR count). The van der Waals surface area contributed by atoms with Crippen molar-refractivity contribution in [1.29, 1.82) is 0 Å². The van der Waals surface area contributed by atoms with E-state index in [1.54, 1.807) is 49.5 Å². The summed E-state index contributed by atoms with van der Waals surface area (Å²) < 4.78 is 17.9. The largest absolute Gasteiger partial charge is 0.496 e. The van der Waals surface area contributed by atoms with Gasteiger partial charge in [-0.3, -0.25) is 48.8 Å². The third kappa shape index (κ3) is 14.7. The average Bonchev–Trinajstić information content (AvgIpc) is 1.45. The second kappa shape index (κ2) is 31.3. The number of ether oxygens (including phenoxy) is 3. The number of piperidine rings is 1. The summed E-state index contributed by atoms with van der Waals surface area (Å²) in [6, 6.07) is 9.94. The second-order valence-corrected chi connectivity index (χ2v) is 32.0. The highest BCUT2D eigenvalue weighted by atomic mass is 33.1. The van der Waals surface area contributed by atoms with E-state index < -0.39 is 81.4 Å². The van der Waals surface area contributed by atoms with Crippen LogP contribution < -0.4 is 36.4 Å². The second-order valence-electron chi connectivity index (χ2n) is 26.4. The standard InChI is InChI=1S/C67H95N9O14S4/c1-9-63(86)35-44-36-65(39-89-40-77,55-47(17-25-75(37-44)38-63)46-15-12-13-16-50(46)71-55)49-33-48-51(34-53(49)88-8)74(7)59-66(48)21-26-76-24-14-20-64(10-2,58(66)76)60(83)67(59,87)61(84)72-73-62(85)90-27-30-94-93-29-19-54(80)68-22-23-69-56(81)42(5)32-52(79)43(6)70-57(82)41(4)31-45(78)18-28-92-91-11-3/h12-16,20,33-34,40-44,58-60,71,83,86-87H,9-11,17-19,21-32,35-39H2,1-8H3,(H,68,80)(H,69,81)(H,70,82)(H,72,84)(H,73,85)/t41-,42-,43+,44?,58+,59-,60-,63+,64-,65+,66-,67+/m1/s1. The van der Waals surface area contributed by atoms with Crippen LogP contribution in [0.1, 0.15) is 122 Å². The van der Waals surface area contributed by atoms with E-state index in [0.29, 0.717) is 106 Å². The normalized spacial score (nSPS) is 28.3. The Morgan fingerprint density at radius 2 is 1.59 bits per heavy atom. The molecule has 27 heteroatoms. The number of anilines is 1. The first kappa shape index (κ1) is 72.7. The molecular weight excluding hydrogens is 1280 g/mol. The molecule has 2 saturated heterocycles. The molecule has 516 valence electrons. The number of hydrogen-bond acceptors (Lipinski definition) is 21. The topological polar surface area (TPSA) is 311 Å². The van der Waals surface area contributed by atoms with E-state index in [-0.39, 0.29) is 74.9 Å². The highest BCUT2D eigenvalue weighted by molar-refractivity contribution is 8.77. The minimum absolute atomic E-state index is 0.00882. The molecule has 1 saturated carbocycles. The summed E-state index contributed by atoms with van der Waals surface area (Å²) in [5.74, 6) is -0.787. The molecule has 6 aliphatic rings. The number of H-pyrrole nitrogens is 1. The highest BCUT2D eigenvalue weighted by Gasteiger charge is 2.79. The predicted molar refractivity (Wildman–Crippen MR) is 367 cm³/mol. The van der Waals surface area contributed by atoms with Crippen LogP contribution >= 0.6 is 43.2 Å². The fourth-order valence-electron chi connectivity index (χ4n) is 16.2. The number of aromatic amines is 1. The van der Waals surface area contributed by atoms with Crippen LogP contribution in [0.15, 0.2) is 48.6 Å². The number of para-hydroxylation sites is 1. The molecule has 2 unspecified atom stereocenters. The molecule has 2 bridgehead atoms. The quantitative estimate of drug-likeness (QED) is 0.0126. The lowest BCUT2D eigenvalue weighted by Crippen LogP contribution is -2.82. The number of amides is 5. The van der Waals surface area contributed by atoms with Crippen molar-refractivity contribution in [2.45, 2.75) is 152 Å². The minimum Gasteiger partial charge on any atom is -0.496 e. The van der Waals surface area contributed by atoms with Crippen molar-refractivity contribution in [2.24, 2.45) is 23.2 Å². The van der Waals surface area contributed by atoms with Crippen LogP contribution in [-0.2, 0) is 60.3 Å². The zero-order valence-corrected chi connectivity index (χ0v) is 58.6. The van der Waals surface area contributed by atoms with Gasteiger partial charge >= 0.3 is 6.09 Å². The lowest BCUT2D eigenvalue weighted by molar-refractivity contribution is -0.204. The SMILES string of the molecule is CCSSCCC(=O)C[C@@H](C)C(=O)N[C@@H](C)C(=O)C[C@@H](C)C(=O)NCCNC(=O)CCSSCCOC(=O)NNC(=O)[C@@]1(O)[C@H](O)[C@]2(CC)C=CCN3CC[C@@]4(c5cc([C@@]6(COC=O)CC7CN(CCc8c6[nH]c6ccccc86)C[C@](O)(CC)C7)c(OC)cc5N(C)[C@@H]14)[C@@H]32. The van der Waals surface area contributed by atoms with Crippen LogP contribution in [0.2, 0.25) is 0 Å². The zero-order chi connectivity index (χ0) is 67.8. The number of hydrogen-bond donors (Lipinski definition) is 9. The molecule has 23 nitrogen and oxygen atoms in total. The van der Waals surface area contributed by atoms with Gasteiger partial charge in [0.1, 0.15) is 30.9 Å². The Bertz CT molecular complexity index is 3310. The van der Waals surface area contributed by atoms with E-state index >= 15 is 4.79 Å². The summed E-state index contributed by atoms with van der Waals surface area (Å²) in [6.07, 6.45) is 4.90. The number of hydrazine groups is 1. The molecule has 6 heterocycles. The molecule has 2 aromatic carbocycles. The van der Waals surface area contributed by atoms with E-state index in [4.69, 9.17) is 14.2 Å². The Morgan fingerprint density at radius 3 is 2.33 bits per heavy atom. The van der Waals surface area contributed by atoms with Gasteiger partial charge in [-0.1, -0.05) is 108 Å². The van der Waals surface area contributed by atoms with Gasteiger partial charge in [-0.15, -0.1) is 0 Å². The molecule has 3 fully saturated rings. The molecule has 1 aliphatic carbocycles. The van der Waals surface area contributed by atoms with Crippen molar-refractivity contribution in [3.8, 4) is 5.75 Å². The number of aliphatic hydroxyl groups excluding tert-OH is 1. The van der Waals surface area contributed by atoms with Gasteiger partial charge in [0.25, 0.3) is 12.4 Å².